The number of carbonyl (C=O) groups is 3. The fourth-order valence-corrected chi connectivity index (χ4v) is 3.82. The van der Waals surface area contributed by atoms with Gasteiger partial charge in [0.15, 0.2) is 11.5 Å². The molecule has 2 aromatic carbocycles. The third-order valence-corrected chi connectivity index (χ3v) is 5.45. The Morgan fingerprint density at radius 1 is 1.23 bits per heavy atom. The standard InChI is InChI=1S/C21H18ClFN2O5S/c1-2-29-17-8-12(9-18-20(27)25(10-19(24)26)21(28)31-18)6-7-16(17)30-11-13-14(22)4-3-5-15(13)23/h3-9H,2,10-11H2,1H3,(H2,24,26)/b18-9-. The molecule has 1 aliphatic heterocycles. The number of imide groups is 1. The van der Waals surface area contributed by atoms with Crippen molar-refractivity contribution in [1.82, 2.24) is 4.90 Å². The van der Waals surface area contributed by atoms with Gasteiger partial charge in [0.2, 0.25) is 5.91 Å². The molecule has 0 spiro atoms. The number of carbonyl (C=O) groups excluding carboxylic acids is 3. The van der Waals surface area contributed by atoms with E-state index < -0.39 is 29.4 Å². The first-order valence-corrected chi connectivity index (χ1v) is 10.4. The lowest BCUT2D eigenvalue weighted by Crippen LogP contribution is -2.36. The Kier molecular flexibility index (Phi) is 7.19. The molecule has 0 aliphatic carbocycles. The highest BCUT2D eigenvalue weighted by Gasteiger charge is 2.35. The van der Waals surface area contributed by atoms with Crippen LogP contribution in [0.2, 0.25) is 5.02 Å². The van der Waals surface area contributed by atoms with Crippen LogP contribution in [0.4, 0.5) is 9.18 Å². The lowest BCUT2D eigenvalue weighted by atomic mass is 10.1. The van der Waals surface area contributed by atoms with E-state index in [2.05, 4.69) is 0 Å². The van der Waals surface area contributed by atoms with Crippen molar-refractivity contribution >= 4 is 46.5 Å². The summed E-state index contributed by atoms with van der Waals surface area (Å²) in [6, 6.07) is 9.27. The molecule has 7 nitrogen and oxygen atoms in total. The molecule has 0 saturated carbocycles. The number of nitrogens with two attached hydrogens (primary N) is 1. The van der Waals surface area contributed by atoms with E-state index in [9.17, 15) is 18.8 Å². The third-order valence-electron chi connectivity index (χ3n) is 4.19. The normalized spacial score (nSPS) is 14.9. The van der Waals surface area contributed by atoms with Gasteiger partial charge < -0.3 is 15.2 Å². The summed E-state index contributed by atoms with van der Waals surface area (Å²) in [7, 11) is 0. The van der Waals surface area contributed by atoms with Crippen molar-refractivity contribution in [2.24, 2.45) is 5.73 Å². The molecular formula is C21H18ClFN2O5S. The molecule has 10 heteroatoms. The molecular weight excluding hydrogens is 447 g/mol. The van der Waals surface area contributed by atoms with Crippen LogP contribution in [0.15, 0.2) is 41.3 Å². The number of thioether (sulfide) groups is 1. The van der Waals surface area contributed by atoms with E-state index in [1.807, 2.05) is 0 Å². The summed E-state index contributed by atoms with van der Waals surface area (Å²) in [5, 5.41) is -0.317. The number of primary amides is 1. The highest BCUT2D eigenvalue weighted by molar-refractivity contribution is 8.18. The van der Waals surface area contributed by atoms with Gasteiger partial charge in [0.25, 0.3) is 11.1 Å². The number of amides is 3. The number of hydrogen-bond donors (Lipinski definition) is 1. The molecule has 2 aromatic rings. The smallest absolute Gasteiger partial charge is 0.294 e. The van der Waals surface area contributed by atoms with Gasteiger partial charge in [-0.2, -0.15) is 0 Å². The lowest BCUT2D eigenvalue weighted by molar-refractivity contribution is -0.127. The predicted molar refractivity (Wildman–Crippen MR) is 115 cm³/mol. The molecule has 3 amide bonds. The summed E-state index contributed by atoms with van der Waals surface area (Å²) in [5.41, 5.74) is 5.87. The van der Waals surface area contributed by atoms with E-state index in [0.29, 0.717) is 35.4 Å². The molecule has 0 unspecified atom stereocenters. The van der Waals surface area contributed by atoms with Crippen molar-refractivity contribution in [3.05, 3.63) is 63.3 Å². The van der Waals surface area contributed by atoms with E-state index >= 15 is 0 Å². The van der Waals surface area contributed by atoms with E-state index in [-0.39, 0.29) is 22.1 Å². The highest BCUT2D eigenvalue weighted by atomic mass is 35.5. The van der Waals surface area contributed by atoms with Gasteiger partial charge in [0.05, 0.1) is 16.5 Å². The molecule has 31 heavy (non-hydrogen) atoms. The maximum Gasteiger partial charge on any atom is 0.294 e. The average Bonchev–Trinajstić information content (AvgIpc) is 2.96. The number of rotatable bonds is 8. The molecule has 1 saturated heterocycles. The van der Waals surface area contributed by atoms with Gasteiger partial charge in [-0.3, -0.25) is 19.3 Å². The SMILES string of the molecule is CCOc1cc(/C=C2\SC(=O)N(CC(N)=O)C2=O)ccc1OCc1c(F)cccc1Cl. The van der Waals surface area contributed by atoms with Crippen LogP contribution < -0.4 is 15.2 Å². The summed E-state index contributed by atoms with van der Waals surface area (Å²) in [4.78, 5) is 36.3. The lowest BCUT2D eigenvalue weighted by Gasteiger charge is -2.14. The van der Waals surface area contributed by atoms with Crippen LogP contribution in [0.1, 0.15) is 18.1 Å². The monoisotopic (exact) mass is 464 g/mol. The maximum absolute atomic E-state index is 14.0. The number of halogens is 2. The van der Waals surface area contributed by atoms with Gasteiger partial charge in [-0.25, -0.2) is 4.39 Å². The number of nitrogens with zero attached hydrogens (tertiary/aromatic N) is 1. The molecule has 3 rings (SSSR count). The Bertz CT molecular complexity index is 1060. The summed E-state index contributed by atoms with van der Waals surface area (Å²) in [6.45, 7) is 1.56. The fourth-order valence-electron chi connectivity index (χ4n) is 2.77. The molecule has 0 bridgehead atoms. The molecule has 2 N–H and O–H groups in total. The van der Waals surface area contributed by atoms with Crippen molar-refractivity contribution in [1.29, 1.82) is 0 Å². The second-order valence-corrected chi connectivity index (χ2v) is 7.76. The van der Waals surface area contributed by atoms with Crippen LogP contribution in [0.5, 0.6) is 11.5 Å². The summed E-state index contributed by atoms with van der Waals surface area (Å²) in [6.07, 6.45) is 1.51. The van der Waals surface area contributed by atoms with Gasteiger partial charge in [-0.1, -0.05) is 23.7 Å². The summed E-state index contributed by atoms with van der Waals surface area (Å²) >= 11 is 6.75. The minimum Gasteiger partial charge on any atom is -0.490 e. The van der Waals surface area contributed by atoms with Gasteiger partial charge in [0.1, 0.15) is 19.0 Å². The third kappa shape index (κ3) is 5.36. The van der Waals surface area contributed by atoms with Crippen LogP contribution in [-0.2, 0) is 16.2 Å². The number of hydrogen-bond acceptors (Lipinski definition) is 6. The first-order valence-electron chi connectivity index (χ1n) is 9.16. The Labute approximate surface area is 186 Å². The zero-order valence-corrected chi connectivity index (χ0v) is 18.0. The first kappa shape index (κ1) is 22.6. The predicted octanol–water partition coefficient (Wildman–Crippen LogP) is 3.98. The topological polar surface area (TPSA) is 98.9 Å². The molecule has 0 aromatic heterocycles. The van der Waals surface area contributed by atoms with Gasteiger partial charge in [-0.15, -0.1) is 0 Å². The van der Waals surface area contributed by atoms with Crippen molar-refractivity contribution in [2.45, 2.75) is 13.5 Å². The van der Waals surface area contributed by atoms with E-state index in [0.717, 1.165) is 4.90 Å². The second-order valence-electron chi connectivity index (χ2n) is 6.36. The quantitative estimate of drug-likeness (QED) is 0.593. The molecule has 0 atom stereocenters. The largest absolute Gasteiger partial charge is 0.490 e. The zero-order valence-electron chi connectivity index (χ0n) is 16.4. The van der Waals surface area contributed by atoms with Gasteiger partial charge in [-0.05, 0) is 54.6 Å². The average molecular weight is 465 g/mol. The molecule has 1 aliphatic rings. The summed E-state index contributed by atoms with van der Waals surface area (Å²) < 4.78 is 25.3. The van der Waals surface area contributed by atoms with Crippen LogP contribution in [0.3, 0.4) is 0 Å². The van der Waals surface area contributed by atoms with Crippen molar-refractivity contribution in [3.8, 4) is 11.5 Å². The van der Waals surface area contributed by atoms with Crippen molar-refractivity contribution in [3.63, 3.8) is 0 Å². The number of benzene rings is 2. The van der Waals surface area contributed by atoms with Crippen molar-refractivity contribution in [2.75, 3.05) is 13.2 Å². The van der Waals surface area contributed by atoms with E-state index in [1.54, 1.807) is 31.2 Å². The number of ether oxygens (including phenoxy) is 2. The van der Waals surface area contributed by atoms with Gasteiger partial charge >= 0.3 is 0 Å². The molecule has 162 valence electrons. The maximum atomic E-state index is 14.0. The van der Waals surface area contributed by atoms with Crippen LogP contribution in [0, 0.1) is 5.82 Å². The fraction of sp³-hybridized carbons (Fsp3) is 0.190. The van der Waals surface area contributed by atoms with Crippen LogP contribution >= 0.6 is 23.4 Å². The minimum absolute atomic E-state index is 0.100. The minimum atomic E-state index is -0.779. The Morgan fingerprint density at radius 2 is 2.00 bits per heavy atom. The van der Waals surface area contributed by atoms with Crippen LogP contribution in [0.25, 0.3) is 6.08 Å². The Morgan fingerprint density at radius 3 is 2.68 bits per heavy atom. The van der Waals surface area contributed by atoms with Crippen LogP contribution in [-0.4, -0.2) is 35.1 Å². The first-order chi connectivity index (χ1) is 14.8. The van der Waals surface area contributed by atoms with E-state index in [1.165, 1.54) is 18.2 Å². The second kappa shape index (κ2) is 9.84. The van der Waals surface area contributed by atoms with E-state index in [4.69, 9.17) is 26.8 Å². The zero-order chi connectivity index (χ0) is 22.5. The highest BCUT2D eigenvalue weighted by Crippen LogP contribution is 2.35. The molecule has 0 radical (unpaired) electrons. The molecule has 1 heterocycles. The van der Waals surface area contributed by atoms with Gasteiger partial charge in [0, 0.05) is 5.56 Å². The van der Waals surface area contributed by atoms with Crippen molar-refractivity contribution < 1.29 is 28.2 Å². The summed E-state index contributed by atoms with van der Waals surface area (Å²) in [5.74, 6) is -1.12. The Balaban J connectivity index is 1.82. The molecule has 1 fully saturated rings. The Hall–Kier alpha value is -3.04.